The summed E-state index contributed by atoms with van der Waals surface area (Å²) in [7, 11) is 1.68. The molecular formula is C28H35N3O4. The molecule has 2 aromatic carbocycles. The Labute approximate surface area is 207 Å². The van der Waals surface area contributed by atoms with Crippen molar-refractivity contribution in [2.45, 2.75) is 50.7 Å². The molecule has 3 fully saturated rings. The van der Waals surface area contributed by atoms with Crippen molar-refractivity contribution in [2.75, 3.05) is 38.2 Å². The summed E-state index contributed by atoms with van der Waals surface area (Å²) in [5.41, 5.74) is 2.29. The second-order valence-corrected chi connectivity index (χ2v) is 9.89. The Balaban J connectivity index is 1.36. The Morgan fingerprint density at radius 1 is 1.06 bits per heavy atom. The van der Waals surface area contributed by atoms with Gasteiger partial charge in [-0.1, -0.05) is 30.3 Å². The summed E-state index contributed by atoms with van der Waals surface area (Å²) in [6, 6.07) is 16.5. The molecule has 2 heterocycles. The number of methoxy groups -OCH3 is 1. The van der Waals surface area contributed by atoms with Crippen LogP contribution in [0.2, 0.25) is 0 Å². The Hall–Kier alpha value is -3.22. The number of benzene rings is 2. The minimum absolute atomic E-state index is 0.0238. The third-order valence-electron chi connectivity index (χ3n) is 7.51. The highest BCUT2D eigenvalue weighted by Crippen LogP contribution is 2.36. The predicted octanol–water partition coefficient (Wildman–Crippen LogP) is 3.41. The smallest absolute Gasteiger partial charge is 0.228 e. The van der Waals surface area contributed by atoms with E-state index in [1.165, 1.54) is 18.4 Å². The highest BCUT2D eigenvalue weighted by atomic mass is 16.5. The summed E-state index contributed by atoms with van der Waals surface area (Å²) in [6.07, 6.45) is 5.92. The van der Waals surface area contributed by atoms with Crippen molar-refractivity contribution in [1.82, 2.24) is 10.2 Å². The molecule has 186 valence electrons. The fourth-order valence-electron chi connectivity index (χ4n) is 5.60. The van der Waals surface area contributed by atoms with E-state index in [9.17, 15) is 9.59 Å². The number of hydrogen-bond acceptors (Lipinski definition) is 5. The van der Waals surface area contributed by atoms with Crippen LogP contribution >= 0.6 is 0 Å². The van der Waals surface area contributed by atoms with Gasteiger partial charge in [-0.2, -0.15) is 0 Å². The van der Waals surface area contributed by atoms with Gasteiger partial charge in [0.05, 0.1) is 25.2 Å². The van der Waals surface area contributed by atoms with Crippen molar-refractivity contribution in [3.05, 3.63) is 54.1 Å². The molecule has 7 heteroatoms. The molecular weight excluding hydrogens is 442 g/mol. The summed E-state index contributed by atoms with van der Waals surface area (Å²) in [4.78, 5) is 29.5. The molecule has 5 rings (SSSR count). The number of carbonyl (C=O) groups excluding carboxylic acids is 2. The first-order valence-corrected chi connectivity index (χ1v) is 12.8. The molecule has 3 aliphatic rings. The molecule has 2 amide bonds. The van der Waals surface area contributed by atoms with Gasteiger partial charge in [-0.15, -0.1) is 0 Å². The zero-order valence-corrected chi connectivity index (χ0v) is 20.4. The second kappa shape index (κ2) is 10.6. The van der Waals surface area contributed by atoms with Gasteiger partial charge in [-0.3, -0.25) is 9.59 Å². The standard InChI is InChI=1S/C28H35N3O4/c1-34-25-12-11-22(17-26(25)35-24-9-5-6-10-24)30-13-14-31(28(33)21-16-27(32)29-18-21)23(19-30)15-20-7-3-2-4-8-20/h2-4,7-8,11-12,17,21,23-24H,5-6,9-10,13-16,18-19H2,1H3,(H,29,32). The Bertz CT molecular complexity index is 1040. The summed E-state index contributed by atoms with van der Waals surface area (Å²) < 4.78 is 11.9. The average Bonchev–Trinajstić information content (AvgIpc) is 3.56. The lowest BCUT2D eigenvalue weighted by molar-refractivity contribution is -0.138. The summed E-state index contributed by atoms with van der Waals surface area (Å²) in [5, 5.41) is 2.81. The minimum atomic E-state index is -0.264. The molecule has 2 unspecified atom stereocenters. The molecule has 2 aromatic rings. The van der Waals surface area contributed by atoms with E-state index < -0.39 is 0 Å². The van der Waals surface area contributed by atoms with E-state index in [1.54, 1.807) is 7.11 Å². The number of rotatable bonds is 7. The first kappa shape index (κ1) is 23.5. The number of hydrogen-bond donors (Lipinski definition) is 1. The number of nitrogens with one attached hydrogen (secondary N) is 1. The first-order chi connectivity index (χ1) is 17.1. The topological polar surface area (TPSA) is 71.1 Å². The zero-order chi connectivity index (χ0) is 24.2. The van der Waals surface area contributed by atoms with E-state index in [0.717, 1.165) is 49.5 Å². The molecule has 2 aliphatic heterocycles. The SMILES string of the molecule is COc1ccc(N2CCN(C(=O)C3CNC(=O)C3)C(Cc3ccccc3)C2)cc1OC1CCCC1. The van der Waals surface area contributed by atoms with Crippen LogP contribution in [-0.4, -0.2) is 62.1 Å². The predicted molar refractivity (Wildman–Crippen MR) is 135 cm³/mol. The van der Waals surface area contributed by atoms with E-state index in [2.05, 4.69) is 34.5 Å². The first-order valence-electron chi connectivity index (χ1n) is 12.8. The number of piperazine rings is 1. The Kier molecular flexibility index (Phi) is 7.11. The van der Waals surface area contributed by atoms with Crippen molar-refractivity contribution in [2.24, 2.45) is 5.92 Å². The lowest BCUT2D eigenvalue weighted by Gasteiger charge is -2.43. The molecule has 1 saturated carbocycles. The number of nitrogens with zero attached hydrogens (tertiary/aromatic N) is 2. The molecule has 0 spiro atoms. The van der Waals surface area contributed by atoms with Crippen molar-refractivity contribution < 1.29 is 19.1 Å². The molecule has 1 aliphatic carbocycles. The number of amides is 2. The van der Waals surface area contributed by atoms with Crippen LogP contribution < -0.4 is 19.7 Å². The van der Waals surface area contributed by atoms with Gasteiger partial charge < -0.3 is 24.6 Å². The maximum Gasteiger partial charge on any atom is 0.228 e. The molecule has 2 saturated heterocycles. The molecule has 0 bridgehead atoms. The van der Waals surface area contributed by atoms with Gasteiger partial charge in [-0.05, 0) is 49.8 Å². The fourth-order valence-corrected chi connectivity index (χ4v) is 5.60. The van der Waals surface area contributed by atoms with E-state index in [4.69, 9.17) is 9.47 Å². The van der Waals surface area contributed by atoms with Crippen molar-refractivity contribution in [3.63, 3.8) is 0 Å². The van der Waals surface area contributed by atoms with Gasteiger partial charge in [0.25, 0.3) is 0 Å². The normalized spacial score (nSPS) is 22.8. The average molecular weight is 478 g/mol. The van der Waals surface area contributed by atoms with Crippen LogP contribution in [0.1, 0.15) is 37.7 Å². The third-order valence-corrected chi connectivity index (χ3v) is 7.51. The highest BCUT2D eigenvalue weighted by Gasteiger charge is 2.37. The molecule has 7 nitrogen and oxygen atoms in total. The van der Waals surface area contributed by atoms with Crippen molar-refractivity contribution in [3.8, 4) is 11.5 Å². The summed E-state index contributed by atoms with van der Waals surface area (Å²) in [5.74, 6) is 1.34. The van der Waals surface area contributed by atoms with Crippen molar-refractivity contribution in [1.29, 1.82) is 0 Å². The molecule has 0 aromatic heterocycles. The number of ether oxygens (including phenoxy) is 2. The van der Waals surface area contributed by atoms with Crippen LogP contribution in [0.15, 0.2) is 48.5 Å². The highest BCUT2D eigenvalue weighted by molar-refractivity contribution is 5.89. The summed E-state index contributed by atoms with van der Waals surface area (Å²) in [6.45, 7) is 2.53. The fraction of sp³-hybridized carbons (Fsp3) is 0.500. The zero-order valence-electron chi connectivity index (χ0n) is 20.4. The van der Waals surface area contributed by atoms with Gasteiger partial charge in [0, 0.05) is 44.4 Å². The third kappa shape index (κ3) is 5.39. The van der Waals surface area contributed by atoms with Gasteiger partial charge in [0.2, 0.25) is 11.8 Å². The lowest BCUT2D eigenvalue weighted by Crippen LogP contribution is -2.57. The van der Waals surface area contributed by atoms with Gasteiger partial charge in [-0.25, -0.2) is 0 Å². The van der Waals surface area contributed by atoms with Gasteiger partial charge in [0.1, 0.15) is 0 Å². The van der Waals surface area contributed by atoms with Crippen LogP contribution in [0.25, 0.3) is 0 Å². The molecule has 0 radical (unpaired) electrons. The Morgan fingerprint density at radius 2 is 1.86 bits per heavy atom. The van der Waals surface area contributed by atoms with Crippen LogP contribution in [0, 0.1) is 5.92 Å². The van der Waals surface area contributed by atoms with E-state index in [-0.39, 0.29) is 36.3 Å². The number of anilines is 1. The van der Waals surface area contributed by atoms with Crippen LogP contribution in [-0.2, 0) is 16.0 Å². The van der Waals surface area contributed by atoms with Crippen LogP contribution in [0.5, 0.6) is 11.5 Å². The monoisotopic (exact) mass is 477 g/mol. The van der Waals surface area contributed by atoms with E-state index in [1.807, 2.05) is 29.2 Å². The number of carbonyl (C=O) groups is 2. The molecule has 2 atom stereocenters. The van der Waals surface area contributed by atoms with Gasteiger partial charge >= 0.3 is 0 Å². The van der Waals surface area contributed by atoms with E-state index in [0.29, 0.717) is 13.1 Å². The Morgan fingerprint density at radius 3 is 2.57 bits per heavy atom. The van der Waals surface area contributed by atoms with Gasteiger partial charge in [0.15, 0.2) is 11.5 Å². The van der Waals surface area contributed by atoms with Crippen LogP contribution in [0.4, 0.5) is 5.69 Å². The molecule has 1 N–H and O–H groups in total. The maximum absolute atomic E-state index is 13.4. The minimum Gasteiger partial charge on any atom is -0.493 e. The summed E-state index contributed by atoms with van der Waals surface area (Å²) >= 11 is 0. The van der Waals surface area contributed by atoms with Crippen LogP contribution in [0.3, 0.4) is 0 Å². The second-order valence-electron chi connectivity index (χ2n) is 9.89. The van der Waals surface area contributed by atoms with Crippen molar-refractivity contribution >= 4 is 17.5 Å². The largest absolute Gasteiger partial charge is 0.493 e. The quantitative estimate of drug-likeness (QED) is 0.662. The van der Waals surface area contributed by atoms with E-state index >= 15 is 0 Å². The lowest BCUT2D eigenvalue weighted by atomic mass is 9.98. The maximum atomic E-state index is 13.4. The molecule has 35 heavy (non-hydrogen) atoms.